The van der Waals surface area contributed by atoms with Crippen molar-refractivity contribution in [1.82, 2.24) is 5.06 Å². The van der Waals surface area contributed by atoms with E-state index in [2.05, 4.69) is 29.2 Å². The number of rotatable bonds is 11. The number of ether oxygens (including phenoxy) is 1. The Labute approximate surface area is 182 Å². The second-order valence-corrected chi connectivity index (χ2v) is 7.23. The van der Waals surface area contributed by atoms with Crippen molar-refractivity contribution in [3.63, 3.8) is 0 Å². The van der Waals surface area contributed by atoms with Gasteiger partial charge >= 0.3 is 0 Å². The van der Waals surface area contributed by atoms with E-state index in [0.717, 1.165) is 58.2 Å². The average molecular weight is 435 g/mol. The molecule has 2 rings (SSSR count). The van der Waals surface area contributed by atoms with Crippen LogP contribution < -0.4 is 4.90 Å². The molecule has 1 aliphatic heterocycles. The molecule has 6 heteroatoms. The van der Waals surface area contributed by atoms with Gasteiger partial charge < -0.3 is 14.8 Å². The van der Waals surface area contributed by atoms with Crippen LogP contribution in [0, 0.1) is 0 Å². The van der Waals surface area contributed by atoms with Gasteiger partial charge in [0.1, 0.15) is 6.23 Å². The van der Waals surface area contributed by atoms with E-state index in [1.165, 1.54) is 16.3 Å². The van der Waals surface area contributed by atoms with Gasteiger partial charge in [0.25, 0.3) is 0 Å². The van der Waals surface area contributed by atoms with Crippen molar-refractivity contribution in [3.05, 3.63) is 29.8 Å². The summed E-state index contributed by atoms with van der Waals surface area (Å²) in [5.41, 5.74) is 2.49. The number of nitrogens with zero attached hydrogens (tertiary/aromatic N) is 2. The van der Waals surface area contributed by atoms with Crippen molar-refractivity contribution < 1.29 is 9.94 Å². The summed E-state index contributed by atoms with van der Waals surface area (Å²) in [6, 6.07) is 8.63. The lowest BCUT2D eigenvalue weighted by Crippen LogP contribution is -2.37. The van der Waals surface area contributed by atoms with Crippen LogP contribution in [0.3, 0.4) is 0 Å². The lowest BCUT2D eigenvalue weighted by atomic mass is 10.1. The van der Waals surface area contributed by atoms with Crippen molar-refractivity contribution in [3.8, 4) is 0 Å². The first-order chi connectivity index (χ1) is 13.2. The zero-order chi connectivity index (χ0) is 19.9. The summed E-state index contributed by atoms with van der Waals surface area (Å²) in [5.74, 6) is 1.20. The third kappa shape index (κ3) is 10.3. The Balaban J connectivity index is 0.00000235. The monoisotopic (exact) mass is 434 g/mol. The summed E-state index contributed by atoms with van der Waals surface area (Å²) < 4.78 is 5.58. The number of benzene rings is 1. The predicted molar refractivity (Wildman–Crippen MR) is 123 cm³/mol. The fourth-order valence-electron chi connectivity index (χ4n) is 3.15. The highest BCUT2D eigenvalue weighted by Gasteiger charge is 2.19. The van der Waals surface area contributed by atoms with Crippen LogP contribution in [-0.4, -0.2) is 54.5 Å². The summed E-state index contributed by atoms with van der Waals surface area (Å²) in [4.78, 5) is 2.21. The zero-order valence-electron chi connectivity index (χ0n) is 16.9. The molecule has 1 aliphatic rings. The smallest absolute Gasteiger partial charge is 0.132 e. The van der Waals surface area contributed by atoms with Gasteiger partial charge in [-0.05, 0) is 56.2 Å². The molecule has 28 heavy (non-hydrogen) atoms. The quantitative estimate of drug-likeness (QED) is 0.256. The van der Waals surface area contributed by atoms with Crippen LogP contribution in [0.15, 0.2) is 24.3 Å². The van der Waals surface area contributed by atoms with E-state index < -0.39 is 0 Å². The van der Waals surface area contributed by atoms with Gasteiger partial charge in [-0.2, -0.15) is 5.06 Å². The Bertz CT molecular complexity index is 462. The highest BCUT2D eigenvalue weighted by Crippen LogP contribution is 2.18. The van der Waals surface area contributed by atoms with Crippen LogP contribution in [0.25, 0.3) is 0 Å². The lowest BCUT2D eigenvalue weighted by molar-refractivity contribution is -0.227. The van der Waals surface area contributed by atoms with Gasteiger partial charge in [-0.1, -0.05) is 33.4 Å². The Kier molecular flexibility index (Phi) is 17.0. The van der Waals surface area contributed by atoms with Crippen molar-refractivity contribution in [2.45, 2.75) is 66.0 Å². The topological polar surface area (TPSA) is 35.9 Å². The van der Waals surface area contributed by atoms with Gasteiger partial charge in [-0.3, -0.25) is 0 Å². The maximum absolute atomic E-state index is 10.1. The number of hydrogen-bond acceptors (Lipinski definition) is 4. The molecule has 1 heterocycles. The minimum absolute atomic E-state index is 0. The summed E-state index contributed by atoms with van der Waals surface area (Å²) in [5, 5.41) is 11.4. The predicted octanol–water partition coefficient (Wildman–Crippen LogP) is 6.17. The van der Waals surface area contributed by atoms with E-state index in [9.17, 15) is 5.21 Å². The van der Waals surface area contributed by atoms with Crippen molar-refractivity contribution >= 4 is 28.9 Å². The molecule has 1 saturated heterocycles. The number of aryl methyl sites for hydroxylation is 1. The van der Waals surface area contributed by atoms with Crippen molar-refractivity contribution in [2.75, 3.05) is 42.9 Å². The Hall–Kier alpha value is -0.520. The van der Waals surface area contributed by atoms with E-state index in [4.69, 9.17) is 27.9 Å². The lowest BCUT2D eigenvalue weighted by Gasteiger charge is -2.29. The van der Waals surface area contributed by atoms with Crippen LogP contribution in [0.5, 0.6) is 0 Å². The van der Waals surface area contributed by atoms with Crippen LogP contribution in [-0.2, 0) is 11.2 Å². The zero-order valence-corrected chi connectivity index (χ0v) is 18.4. The molecule has 164 valence electrons. The number of anilines is 1. The largest absolute Gasteiger partial charge is 0.369 e. The van der Waals surface area contributed by atoms with E-state index >= 15 is 0 Å². The molecular formula is C22H40Cl2N2O2. The van der Waals surface area contributed by atoms with Crippen LogP contribution in [0.1, 0.15) is 58.9 Å². The van der Waals surface area contributed by atoms with E-state index in [1.54, 1.807) is 0 Å². The molecule has 1 unspecified atom stereocenters. The number of unbranched alkanes of at least 4 members (excludes halogenated alkanes) is 1. The van der Waals surface area contributed by atoms with Crippen LogP contribution in [0.4, 0.5) is 5.69 Å². The molecule has 0 spiro atoms. The minimum Gasteiger partial charge on any atom is -0.369 e. The number of hydroxylamine groups is 2. The first-order valence-corrected chi connectivity index (χ1v) is 11.3. The van der Waals surface area contributed by atoms with E-state index in [1.807, 2.05) is 13.8 Å². The molecule has 0 bridgehead atoms. The maximum Gasteiger partial charge on any atom is 0.132 e. The van der Waals surface area contributed by atoms with Gasteiger partial charge in [0.15, 0.2) is 0 Å². The average Bonchev–Trinajstić information content (AvgIpc) is 2.73. The summed E-state index contributed by atoms with van der Waals surface area (Å²) >= 11 is 11.7. The summed E-state index contributed by atoms with van der Waals surface area (Å²) in [6.45, 7) is 7.05. The first kappa shape index (κ1) is 27.5. The molecule has 1 aromatic rings. The summed E-state index contributed by atoms with van der Waals surface area (Å²) in [7, 11) is 0. The maximum atomic E-state index is 10.1. The third-order valence-corrected chi connectivity index (χ3v) is 4.94. The van der Waals surface area contributed by atoms with Gasteiger partial charge in [-0.25, -0.2) is 0 Å². The second kappa shape index (κ2) is 17.3. The molecule has 1 atom stereocenters. The van der Waals surface area contributed by atoms with Gasteiger partial charge in [-0.15, -0.1) is 23.2 Å². The van der Waals surface area contributed by atoms with Gasteiger partial charge in [0.05, 0.1) is 0 Å². The van der Waals surface area contributed by atoms with Gasteiger partial charge in [0, 0.05) is 43.7 Å². The SMILES string of the molecule is C.CC.ON(CCCCc1ccc(N(CCCl)CCCl)cc1)C1CCCCO1. The third-order valence-electron chi connectivity index (χ3n) is 4.60. The number of halogens is 2. The minimum atomic E-state index is -0.108. The van der Waals surface area contributed by atoms with Gasteiger partial charge in [0.2, 0.25) is 0 Å². The van der Waals surface area contributed by atoms with E-state index in [0.29, 0.717) is 18.3 Å². The standard InChI is InChI=1S/C19H30Cl2N2O2.C2H6.CH4/c20-11-14-22(15-12-21)18-9-7-17(8-10-18)5-1-3-13-23(24)19-6-2-4-16-25-19;1-2;/h7-10,19,24H,1-6,11-16H2;1-2H3;1H4. The van der Waals surface area contributed by atoms with Crippen LogP contribution >= 0.6 is 23.2 Å². The summed E-state index contributed by atoms with van der Waals surface area (Å²) in [6.07, 6.45) is 6.09. The van der Waals surface area contributed by atoms with E-state index in [-0.39, 0.29) is 13.7 Å². The molecule has 0 radical (unpaired) electrons. The molecule has 4 nitrogen and oxygen atoms in total. The molecule has 0 amide bonds. The highest BCUT2D eigenvalue weighted by molar-refractivity contribution is 6.18. The Morgan fingerprint density at radius 1 is 1.00 bits per heavy atom. The van der Waals surface area contributed by atoms with Crippen LogP contribution in [0.2, 0.25) is 0 Å². The molecule has 1 aromatic carbocycles. The number of hydrogen-bond donors (Lipinski definition) is 1. The molecular weight excluding hydrogens is 395 g/mol. The molecule has 0 saturated carbocycles. The number of alkyl halides is 2. The highest BCUT2D eigenvalue weighted by atomic mass is 35.5. The molecule has 0 aromatic heterocycles. The molecule has 0 aliphatic carbocycles. The van der Waals surface area contributed by atoms with Crippen molar-refractivity contribution in [1.29, 1.82) is 0 Å². The second-order valence-electron chi connectivity index (χ2n) is 6.47. The Morgan fingerprint density at radius 3 is 2.18 bits per heavy atom. The fourth-order valence-corrected chi connectivity index (χ4v) is 3.56. The molecule has 1 N–H and O–H groups in total. The molecule has 1 fully saturated rings. The first-order valence-electron chi connectivity index (χ1n) is 10.3. The normalized spacial score (nSPS) is 16.1. The fraction of sp³-hybridized carbons (Fsp3) is 0.727. The van der Waals surface area contributed by atoms with Crippen molar-refractivity contribution in [2.24, 2.45) is 0 Å². The Morgan fingerprint density at radius 2 is 1.64 bits per heavy atom.